The number of carbonyl (C=O) groups excluding carboxylic acids is 4. The van der Waals surface area contributed by atoms with Gasteiger partial charge in [0.2, 0.25) is 24.5 Å². The van der Waals surface area contributed by atoms with Crippen molar-refractivity contribution in [1.29, 1.82) is 0 Å². The molecule has 34 heteroatoms. The number of aliphatic hydroxyl groups is 2. The van der Waals surface area contributed by atoms with E-state index < -0.39 is 96.5 Å². The van der Waals surface area contributed by atoms with Crippen molar-refractivity contribution in [2.75, 3.05) is 77.9 Å². The molecule has 30 nitrogen and oxygen atoms in total. The lowest BCUT2D eigenvalue weighted by Gasteiger charge is -2.30. The van der Waals surface area contributed by atoms with E-state index in [1.807, 2.05) is 47.4 Å². The minimum Gasteiger partial charge on any atom is -0.497 e. The van der Waals surface area contributed by atoms with E-state index in [2.05, 4.69) is 48.6 Å². The van der Waals surface area contributed by atoms with Gasteiger partial charge in [-0.15, -0.1) is 0 Å². The SMILES string of the molecule is CCCCN(CCCC)C(=O)CN1C[C@H](c2ccc3c(c2)OCO3)[C@@H](C(=O)SCCNC(=O)CCNC(=O)C(O)C(C)(C)COP(=O)(O)OP(=O)(O)OCC2OC(n3cnc4c(N)ncnc43)C(O)C2OP(=O)(O)O)[C@@H]1c1ccc(OC)cc1. The number of aromatic nitrogens is 4. The van der Waals surface area contributed by atoms with Crippen LogP contribution in [0.15, 0.2) is 55.1 Å². The van der Waals surface area contributed by atoms with Crippen LogP contribution in [0.3, 0.4) is 0 Å². The molecule has 3 aliphatic heterocycles. The molecule has 0 spiro atoms. The number of thioether (sulfide) groups is 1. The minimum atomic E-state index is -5.64. The number of imidazole rings is 1. The Bertz CT molecular complexity index is 3080. The summed E-state index contributed by atoms with van der Waals surface area (Å²) in [6.45, 7) is 6.16. The number of amides is 3. The van der Waals surface area contributed by atoms with Crippen molar-refractivity contribution in [3.8, 4) is 17.2 Å². The molecule has 3 aliphatic rings. The van der Waals surface area contributed by atoms with Gasteiger partial charge in [0.15, 0.2) is 34.3 Å². The van der Waals surface area contributed by atoms with Gasteiger partial charge in [-0.1, -0.05) is 70.5 Å². The van der Waals surface area contributed by atoms with Gasteiger partial charge in [-0.2, -0.15) is 4.31 Å². The van der Waals surface area contributed by atoms with Crippen molar-refractivity contribution in [3.05, 3.63) is 66.2 Å². The Morgan fingerprint density at radius 1 is 0.917 bits per heavy atom. The predicted molar refractivity (Wildman–Crippen MR) is 300 cm³/mol. The molecule has 0 radical (unpaired) electrons. The van der Waals surface area contributed by atoms with Gasteiger partial charge < -0.3 is 70.0 Å². The van der Waals surface area contributed by atoms with Gasteiger partial charge in [0.25, 0.3) is 0 Å². The fourth-order valence-corrected chi connectivity index (χ4v) is 13.5. The van der Waals surface area contributed by atoms with Crippen molar-refractivity contribution in [1.82, 2.24) is 40.0 Å². The van der Waals surface area contributed by atoms with E-state index >= 15 is 0 Å². The number of nitrogens with zero attached hydrogens (tertiary/aromatic N) is 6. The van der Waals surface area contributed by atoms with Crippen molar-refractivity contribution in [2.45, 2.75) is 102 Å². The Morgan fingerprint density at radius 3 is 2.27 bits per heavy atom. The van der Waals surface area contributed by atoms with Crippen molar-refractivity contribution >= 4 is 75.0 Å². The van der Waals surface area contributed by atoms with Gasteiger partial charge in [0.1, 0.15) is 42.0 Å². The first-order valence-corrected chi connectivity index (χ1v) is 32.4. The molecule has 2 saturated heterocycles. The van der Waals surface area contributed by atoms with E-state index in [4.69, 9.17) is 38.3 Å². The summed E-state index contributed by atoms with van der Waals surface area (Å²) in [6, 6.07) is 12.5. The molecular formula is C50H72N9O21P3S. The molecule has 5 heterocycles. The summed E-state index contributed by atoms with van der Waals surface area (Å²) >= 11 is 1.04. The van der Waals surface area contributed by atoms with E-state index in [1.54, 1.807) is 7.11 Å². The van der Waals surface area contributed by atoms with Crippen LogP contribution in [-0.4, -0.2) is 178 Å². The molecular weight excluding hydrogens is 1190 g/mol. The quantitative estimate of drug-likeness (QED) is 0.0258. The number of nitrogen functional groups attached to an aromatic ring is 1. The number of hydrogen-bond acceptors (Lipinski definition) is 23. The van der Waals surface area contributed by atoms with Gasteiger partial charge in [-0.25, -0.2) is 28.6 Å². The average molecular weight is 1260 g/mol. The molecule has 3 amide bonds. The molecule has 10 atom stereocenters. The first kappa shape index (κ1) is 66.4. The van der Waals surface area contributed by atoms with Crippen LogP contribution in [0.2, 0.25) is 0 Å². The van der Waals surface area contributed by atoms with Gasteiger partial charge in [0, 0.05) is 62.3 Å². The zero-order chi connectivity index (χ0) is 61.1. The number of nitrogens with one attached hydrogen (secondary N) is 2. The third-order valence-electron chi connectivity index (χ3n) is 14.2. The fourth-order valence-electron chi connectivity index (χ4n) is 9.77. The highest BCUT2D eigenvalue weighted by atomic mass is 32.2. The minimum absolute atomic E-state index is 0.0182. The van der Waals surface area contributed by atoms with Crippen LogP contribution < -0.4 is 30.6 Å². The summed E-state index contributed by atoms with van der Waals surface area (Å²) in [5.74, 6) is -0.672. The Labute approximate surface area is 487 Å². The summed E-state index contributed by atoms with van der Waals surface area (Å²) in [4.78, 5) is 111. The number of benzene rings is 2. The summed E-state index contributed by atoms with van der Waals surface area (Å²) in [5, 5.41) is 26.9. The highest BCUT2D eigenvalue weighted by Crippen LogP contribution is 2.61. The van der Waals surface area contributed by atoms with Gasteiger partial charge in [0.05, 0.1) is 39.1 Å². The van der Waals surface area contributed by atoms with Crippen molar-refractivity contribution in [2.24, 2.45) is 11.3 Å². The summed E-state index contributed by atoms with van der Waals surface area (Å²) in [5.41, 5.74) is 5.88. The number of methoxy groups -OCH3 is 1. The molecule has 7 unspecified atom stereocenters. The molecule has 0 aliphatic carbocycles. The Morgan fingerprint density at radius 2 is 1.60 bits per heavy atom. The Kier molecular flexibility index (Phi) is 22.9. The van der Waals surface area contributed by atoms with E-state index in [-0.39, 0.29) is 72.5 Å². The van der Waals surface area contributed by atoms with E-state index in [1.165, 1.54) is 13.8 Å². The van der Waals surface area contributed by atoms with E-state index in [9.17, 15) is 62.7 Å². The number of carbonyl (C=O) groups is 4. The largest absolute Gasteiger partial charge is 0.497 e. The smallest absolute Gasteiger partial charge is 0.481 e. The van der Waals surface area contributed by atoms with E-state index in [0.29, 0.717) is 36.9 Å². The molecule has 7 rings (SSSR count). The Hall–Kier alpha value is -5.17. The topological polar surface area (TPSA) is 415 Å². The number of ether oxygens (including phenoxy) is 4. The van der Waals surface area contributed by atoms with Gasteiger partial charge in [-0.05, 0) is 48.2 Å². The third kappa shape index (κ3) is 17.3. The number of phosphoric ester groups is 3. The maximum Gasteiger partial charge on any atom is 0.481 e. The van der Waals surface area contributed by atoms with E-state index in [0.717, 1.165) is 65.8 Å². The standard InChI is InChI=1S/C50H72N9O21P3S/c1-6-8-19-57(20-9-7-2)38(61)24-58-23-33(31-12-15-34-35(22-31)75-29-74-34)39(41(58)30-10-13-32(73-5)14-11-30)49(65)84-21-18-52-37(60)16-17-53-47(64)44(63)50(3,4)26-77-83(71,72)80-82(69,70)76-25-36-43(79-81(66,67)68)42(62)48(78-36)59-28-56-40-45(51)54-27-55-46(40)59/h10-15,22,27-28,33,36,39,41-44,48,62-63H,6-9,16-21,23-26,29H2,1-5H3,(H,52,60)(H,53,64)(H,69,70)(H,71,72)(H2,51,54,55)(H2,66,67,68)/t33-,36?,39-,41+,42?,43?,44?,48?/m1/s1. The van der Waals surface area contributed by atoms with Crippen LogP contribution in [0.5, 0.6) is 17.2 Å². The summed E-state index contributed by atoms with van der Waals surface area (Å²) in [6.07, 6.45) is -3.60. The van der Waals surface area contributed by atoms with Crippen LogP contribution in [0, 0.1) is 11.3 Å². The van der Waals surface area contributed by atoms with Crippen LogP contribution in [0.4, 0.5) is 5.82 Å². The first-order valence-electron chi connectivity index (χ1n) is 26.9. The molecule has 0 bridgehead atoms. The molecule has 2 fully saturated rings. The number of nitrogens with two attached hydrogens (primary N) is 1. The lowest BCUT2D eigenvalue weighted by Crippen LogP contribution is -2.46. The summed E-state index contributed by atoms with van der Waals surface area (Å²) < 4.78 is 79.9. The summed E-state index contributed by atoms with van der Waals surface area (Å²) in [7, 11) is -15.0. The Balaban J connectivity index is 0.895. The number of hydrogen-bond donors (Lipinski definition) is 9. The number of rotatable bonds is 31. The molecule has 4 aromatic rings. The number of unbranched alkanes of at least 4 members (excludes halogenated alkanes) is 2. The lowest BCUT2D eigenvalue weighted by atomic mass is 9.83. The normalized spacial score (nSPS) is 22.5. The second-order valence-electron chi connectivity index (χ2n) is 20.7. The zero-order valence-corrected chi connectivity index (χ0v) is 50.2. The van der Waals surface area contributed by atoms with Crippen LogP contribution >= 0.6 is 35.2 Å². The third-order valence-corrected chi connectivity index (χ3v) is 18.2. The number of fused-ring (bicyclic) bond motifs is 2. The molecule has 2 aromatic carbocycles. The molecule has 0 saturated carbocycles. The van der Waals surface area contributed by atoms with Gasteiger partial charge in [-0.3, -0.25) is 42.2 Å². The maximum atomic E-state index is 14.7. The predicted octanol–water partition coefficient (Wildman–Crippen LogP) is 3.29. The van der Waals surface area contributed by atoms with Crippen molar-refractivity contribution < 1.29 is 99.5 Å². The molecule has 84 heavy (non-hydrogen) atoms. The van der Waals surface area contributed by atoms with Crippen LogP contribution in [-0.2, 0) is 55.5 Å². The molecule has 10 N–H and O–H groups in total. The number of aliphatic hydroxyl groups excluding tert-OH is 2. The molecule has 464 valence electrons. The average Bonchev–Trinajstić information content (AvgIpc) is 3.33. The van der Waals surface area contributed by atoms with Crippen LogP contribution in [0.1, 0.15) is 89.1 Å². The monoisotopic (exact) mass is 1260 g/mol. The highest BCUT2D eigenvalue weighted by molar-refractivity contribution is 8.13. The number of likely N-dealkylation sites (tertiary alicyclic amines) is 1. The fraction of sp³-hybridized carbons (Fsp3) is 0.580. The number of phosphoric acid groups is 3. The lowest BCUT2D eigenvalue weighted by molar-refractivity contribution is -0.137. The number of anilines is 1. The highest BCUT2D eigenvalue weighted by Gasteiger charge is 2.51. The molecule has 2 aromatic heterocycles. The first-order chi connectivity index (χ1) is 39.7. The zero-order valence-electron chi connectivity index (χ0n) is 46.7. The maximum absolute atomic E-state index is 14.7. The van der Waals surface area contributed by atoms with Crippen molar-refractivity contribution in [3.63, 3.8) is 0 Å². The van der Waals surface area contributed by atoms with Gasteiger partial charge >= 0.3 is 23.5 Å². The van der Waals surface area contributed by atoms with Crippen LogP contribution in [0.25, 0.3) is 11.2 Å². The second kappa shape index (κ2) is 29.0. The second-order valence-corrected chi connectivity index (χ2v) is 26.1.